The number of nitrogens with zero attached hydrogens (tertiary/aromatic N) is 2. The number of sulfone groups is 2. The van der Waals surface area contributed by atoms with Crippen LogP contribution in [0.25, 0.3) is 10.3 Å². The molecule has 2 atom stereocenters. The first-order valence-corrected chi connectivity index (χ1v) is 22.3. The Morgan fingerprint density at radius 1 is 0.709 bits per heavy atom. The van der Waals surface area contributed by atoms with E-state index in [2.05, 4.69) is 15.3 Å². The highest BCUT2D eigenvalue weighted by atomic mass is 32.2. The molecule has 0 radical (unpaired) electrons. The summed E-state index contributed by atoms with van der Waals surface area (Å²) in [7, 11) is -6.55. The molecule has 2 aromatic carbocycles. The highest BCUT2D eigenvalue weighted by Gasteiger charge is 2.38. The number of rotatable bonds is 13. The summed E-state index contributed by atoms with van der Waals surface area (Å²) in [6.07, 6.45) is 4.97. The third-order valence-electron chi connectivity index (χ3n) is 9.80. The van der Waals surface area contributed by atoms with Crippen LogP contribution in [0.4, 0.5) is 5.13 Å². The highest BCUT2D eigenvalue weighted by molar-refractivity contribution is 7.92. The van der Waals surface area contributed by atoms with Crippen LogP contribution >= 0.6 is 11.3 Å². The Hall–Kier alpha value is -3.84. The van der Waals surface area contributed by atoms with Crippen LogP contribution in [0, 0.1) is 0 Å². The van der Waals surface area contributed by atoms with Gasteiger partial charge in [-0.15, -0.1) is 0 Å². The summed E-state index contributed by atoms with van der Waals surface area (Å²) in [5, 5.41) is 12.1. The monoisotopic (exact) mass is 813 g/mol. The normalized spacial score (nSPS) is 19.6. The highest BCUT2D eigenvalue weighted by Crippen LogP contribution is 2.36. The van der Waals surface area contributed by atoms with E-state index in [1.807, 2.05) is 6.07 Å². The second kappa shape index (κ2) is 17.1. The summed E-state index contributed by atoms with van der Waals surface area (Å²) >= 11 is 1.29. The summed E-state index contributed by atoms with van der Waals surface area (Å²) < 4.78 is 71.9. The van der Waals surface area contributed by atoms with Gasteiger partial charge in [0.2, 0.25) is 0 Å². The number of ether oxygens (including phenoxy) is 4. The maximum absolute atomic E-state index is 13.2. The first-order chi connectivity index (χ1) is 26.5. The van der Waals surface area contributed by atoms with Crippen molar-refractivity contribution in [2.75, 3.05) is 31.7 Å². The Balaban J connectivity index is 0.000000179. The van der Waals surface area contributed by atoms with E-state index in [-0.39, 0.29) is 38.4 Å². The number of fused-ring (bicyclic) bond motifs is 1. The number of amides is 1. The minimum absolute atomic E-state index is 0.119. The van der Waals surface area contributed by atoms with Gasteiger partial charge in [0, 0.05) is 32.6 Å². The van der Waals surface area contributed by atoms with Crippen LogP contribution < -0.4 is 5.32 Å². The van der Waals surface area contributed by atoms with Gasteiger partial charge in [0.1, 0.15) is 10.3 Å². The Bertz CT molecular complexity index is 2140. The number of carbonyl (C=O) groups is 2. The minimum atomic E-state index is -3.29. The van der Waals surface area contributed by atoms with Gasteiger partial charge >= 0.3 is 5.97 Å². The molecule has 8 rings (SSSR count). The third-order valence-corrected chi connectivity index (χ3v) is 15.3. The second-order valence-corrected chi connectivity index (χ2v) is 19.4. The zero-order valence-electron chi connectivity index (χ0n) is 29.9. The molecule has 4 fully saturated rings. The number of carboxylic acid groups (broad SMARTS) is 1. The molecular formula is C38H43N3O11S3. The van der Waals surface area contributed by atoms with Crippen LogP contribution in [0.5, 0.6) is 0 Å². The van der Waals surface area contributed by atoms with Gasteiger partial charge in [0.25, 0.3) is 5.91 Å². The number of pyridine rings is 1. The first-order valence-electron chi connectivity index (χ1n) is 18.4. The Labute approximate surface area is 323 Å². The van der Waals surface area contributed by atoms with E-state index in [1.165, 1.54) is 35.6 Å². The lowest BCUT2D eigenvalue weighted by atomic mass is 10.1. The zero-order chi connectivity index (χ0) is 38.6. The van der Waals surface area contributed by atoms with Crippen LogP contribution in [-0.4, -0.2) is 92.9 Å². The van der Waals surface area contributed by atoms with Crippen LogP contribution in [0.1, 0.15) is 74.7 Å². The Morgan fingerprint density at radius 2 is 1.18 bits per heavy atom. The number of carboxylic acids is 1. The number of thiazole rings is 1. The van der Waals surface area contributed by atoms with E-state index in [0.717, 1.165) is 4.83 Å². The summed E-state index contributed by atoms with van der Waals surface area (Å²) in [6.45, 7) is 2.30. The SMILES string of the molecule is O=C(Nc1nc2cccnc2s1)C(OC1CCOCC1)c1ccc(S(=O)(=O)C2CC2)cc1.O=C(O)C(OC1CCOCC1)c1ccc(S(=O)(=O)C2CC2)cc1. The lowest BCUT2D eigenvalue weighted by molar-refractivity contribution is -0.158. The number of carbonyl (C=O) groups excluding carboxylic acids is 1. The molecule has 1 amide bonds. The van der Waals surface area contributed by atoms with Gasteiger partial charge in [-0.3, -0.25) is 10.1 Å². The van der Waals surface area contributed by atoms with Gasteiger partial charge in [-0.1, -0.05) is 35.6 Å². The van der Waals surface area contributed by atoms with Crippen molar-refractivity contribution in [1.29, 1.82) is 0 Å². The van der Waals surface area contributed by atoms with Crippen LogP contribution in [0.2, 0.25) is 0 Å². The van der Waals surface area contributed by atoms with Crippen LogP contribution in [0.3, 0.4) is 0 Å². The van der Waals surface area contributed by atoms with Crippen molar-refractivity contribution < 1.29 is 50.5 Å². The van der Waals surface area contributed by atoms with E-state index in [1.54, 1.807) is 36.5 Å². The summed E-state index contributed by atoms with van der Waals surface area (Å²) in [6, 6.07) is 16.1. The molecule has 0 spiro atoms. The molecule has 4 heterocycles. The predicted molar refractivity (Wildman–Crippen MR) is 202 cm³/mol. The molecule has 2 unspecified atom stereocenters. The molecule has 4 aromatic rings. The fraction of sp³-hybridized carbons (Fsp3) is 0.474. The maximum Gasteiger partial charge on any atom is 0.337 e. The van der Waals surface area contributed by atoms with E-state index in [0.29, 0.717) is 99.6 Å². The Morgan fingerprint density at radius 3 is 1.64 bits per heavy atom. The van der Waals surface area contributed by atoms with E-state index in [9.17, 15) is 31.5 Å². The zero-order valence-corrected chi connectivity index (χ0v) is 32.4. The average Bonchev–Trinajstić information content (AvgIpc) is 4.14. The average molecular weight is 814 g/mol. The summed E-state index contributed by atoms with van der Waals surface area (Å²) in [5.74, 6) is -1.43. The molecule has 2 aliphatic carbocycles. The van der Waals surface area contributed by atoms with Crippen molar-refractivity contribution >= 4 is 58.4 Å². The molecule has 2 aliphatic heterocycles. The van der Waals surface area contributed by atoms with Crippen LogP contribution in [0.15, 0.2) is 76.7 Å². The Kier molecular flexibility index (Phi) is 12.3. The third kappa shape index (κ3) is 9.76. The lowest BCUT2D eigenvalue weighted by Crippen LogP contribution is -2.31. The smallest absolute Gasteiger partial charge is 0.337 e. The fourth-order valence-electron chi connectivity index (χ4n) is 6.38. The number of aliphatic carboxylic acids is 1. The number of nitrogens with one attached hydrogen (secondary N) is 1. The molecule has 2 N–H and O–H groups in total. The van der Waals surface area contributed by atoms with Crippen molar-refractivity contribution in [3.63, 3.8) is 0 Å². The number of benzene rings is 2. The van der Waals surface area contributed by atoms with Crippen molar-refractivity contribution in [1.82, 2.24) is 9.97 Å². The van der Waals surface area contributed by atoms with Gasteiger partial charge < -0.3 is 24.1 Å². The molecule has 55 heavy (non-hydrogen) atoms. The lowest BCUT2D eigenvalue weighted by Gasteiger charge is -2.27. The van der Waals surface area contributed by atoms with Gasteiger partial charge in [-0.05, 0) is 98.9 Å². The van der Waals surface area contributed by atoms with Crippen molar-refractivity contribution in [3.05, 3.63) is 78.0 Å². The molecule has 294 valence electrons. The van der Waals surface area contributed by atoms with Crippen molar-refractivity contribution in [3.8, 4) is 0 Å². The standard InChI is InChI=1S/C22H23N3O5S2.C16H20O6S/c26-20(25-22-24-18-2-1-11-23-21(18)31-22)19(30-15-9-12-29-13-10-15)14-3-5-16(6-4-14)32(27,28)17-7-8-17;17-16(18)15(22-12-7-9-21-10-8-12)11-1-3-13(4-2-11)23(19,20)14-5-6-14/h1-6,11,15,17,19H,7-10,12-13H2,(H,24,25,26);1-4,12,14-15H,5-10H2,(H,17,18). The second-order valence-electron chi connectivity index (χ2n) is 14.0. The van der Waals surface area contributed by atoms with Crippen molar-refractivity contribution in [2.45, 2.75) is 96.1 Å². The quantitative estimate of drug-likeness (QED) is 0.173. The van der Waals surface area contributed by atoms with Crippen LogP contribution in [-0.2, 0) is 48.2 Å². The minimum Gasteiger partial charge on any atom is -0.479 e. The molecule has 2 aromatic heterocycles. The summed E-state index contributed by atoms with van der Waals surface area (Å²) in [4.78, 5) is 34.7. The molecular weight excluding hydrogens is 771 g/mol. The van der Waals surface area contributed by atoms with Gasteiger partial charge in [-0.25, -0.2) is 31.6 Å². The van der Waals surface area contributed by atoms with Gasteiger partial charge in [0.05, 0.1) is 32.5 Å². The topological polar surface area (TPSA) is 197 Å². The molecule has 4 aliphatic rings. The fourth-order valence-corrected chi connectivity index (χ4v) is 10.5. The number of aromatic nitrogens is 2. The summed E-state index contributed by atoms with van der Waals surface area (Å²) in [5.41, 5.74) is 1.77. The molecule has 2 saturated carbocycles. The van der Waals surface area contributed by atoms with Gasteiger partial charge in [-0.2, -0.15) is 0 Å². The number of hydrogen-bond donors (Lipinski definition) is 2. The largest absolute Gasteiger partial charge is 0.479 e. The number of hydrogen-bond acceptors (Lipinski definition) is 13. The van der Waals surface area contributed by atoms with E-state index in [4.69, 9.17) is 18.9 Å². The van der Waals surface area contributed by atoms with Gasteiger partial charge in [0.15, 0.2) is 37.0 Å². The molecule has 2 saturated heterocycles. The number of anilines is 1. The van der Waals surface area contributed by atoms with E-state index >= 15 is 0 Å². The molecule has 0 bridgehead atoms. The first kappa shape index (κ1) is 39.4. The maximum atomic E-state index is 13.2. The molecule has 17 heteroatoms. The van der Waals surface area contributed by atoms with Crippen molar-refractivity contribution in [2.24, 2.45) is 0 Å². The predicted octanol–water partition coefficient (Wildman–Crippen LogP) is 5.45. The molecule has 14 nitrogen and oxygen atoms in total. The van der Waals surface area contributed by atoms with E-state index < -0.39 is 37.9 Å².